The van der Waals surface area contributed by atoms with Crippen LogP contribution >= 0.6 is 0 Å². The van der Waals surface area contributed by atoms with Crippen molar-refractivity contribution in [2.75, 3.05) is 6.61 Å². The van der Waals surface area contributed by atoms with Gasteiger partial charge in [-0.05, 0) is 5.56 Å². The smallest absolute Gasteiger partial charge is 0.281 e. The SMILES string of the molecule is O=c1c2ncn([C@@H]3O[C@H](CO)[C@@H](O)[C@H]3O)c2ncn1Cc1ccccc1. The van der Waals surface area contributed by atoms with Crippen molar-refractivity contribution in [3.8, 4) is 0 Å². The number of nitrogens with zero attached hydrogens (tertiary/aromatic N) is 4. The summed E-state index contributed by atoms with van der Waals surface area (Å²) in [6.07, 6.45) is -1.64. The van der Waals surface area contributed by atoms with E-state index in [0.29, 0.717) is 6.54 Å². The molecule has 1 aliphatic rings. The van der Waals surface area contributed by atoms with Gasteiger partial charge >= 0.3 is 0 Å². The van der Waals surface area contributed by atoms with Gasteiger partial charge in [0.25, 0.3) is 5.56 Å². The second-order valence-electron chi connectivity index (χ2n) is 6.22. The summed E-state index contributed by atoms with van der Waals surface area (Å²) in [5.41, 5.74) is 1.03. The Morgan fingerprint density at radius 3 is 2.54 bits per heavy atom. The van der Waals surface area contributed by atoms with Gasteiger partial charge < -0.3 is 20.1 Å². The van der Waals surface area contributed by atoms with Gasteiger partial charge in [0.2, 0.25) is 0 Å². The molecule has 1 aliphatic heterocycles. The monoisotopic (exact) mass is 358 g/mol. The third kappa shape index (κ3) is 2.71. The number of benzene rings is 1. The van der Waals surface area contributed by atoms with Crippen molar-refractivity contribution < 1.29 is 20.1 Å². The molecule has 136 valence electrons. The van der Waals surface area contributed by atoms with Gasteiger partial charge in [0.05, 0.1) is 19.5 Å². The Morgan fingerprint density at radius 1 is 1.08 bits per heavy atom. The molecule has 26 heavy (non-hydrogen) atoms. The van der Waals surface area contributed by atoms with Crippen molar-refractivity contribution in [2.24, 2.45) is 0 Å². The number of aromatic nitrogens is 4. The van der Waals surface area contributed by atoms with Crippen molar-refractivity contribution in [3.05, 3.63) is 58.9 Å². The Labute approximate surface area is 147 Å². The maximum absolute atomic E-state index is 12.7. The molecule has 0 spiro atoms. The molecule has 3 aromatic rings. The molecule has 0 bridgehead atoms. The zero-order chi connectivity index (χ0) is 18.3. The Bertz CT molecular complexity index is 970. The van der Waals surface area contributed by atoms with Gasteiger partial charge in [0.15, 0.2) is 17.4 Å². The minimum atomic E-state index is -1.27. The van der Waals surface area contributed by atoms with Gasteiger partial charge in [-0.25, -0.2) is 9.97 Å². The number of rotatable bonds is 4. The quantitative estimate of drug-likeness (QED) is 0.561. The summed E-state index contributed by atoms with van der Waals surface area (Å²) in [6.45, 7) is -0.0675. The van der Waals surface area contributed by atoms with Crippen LogP contribution in [0.1, 0.15) is 11.8 Å². The molecule has 0 saturated carbocycles. The lowest BCUT2D eigenvalue weighted by Crippen LogP contribution is -2.33. The number of ether oxygens (including phenoxy) is 1. The van der Waals surface area contributed by atoms with Crippen LogP contribution in [0.2, 0.25) is 0 Å². The van der Waals surface area contributed by atoms with Gasteiger partial charge in [-0.1, -0.05) is 30.3 Å². The Morgan fingerprint density at radius 2 is 1.85 bits per heavy atom. The molecule has 0 unspecified atom stereocenters. The molecule has 0 amide bonds. The third-order valence-corrected chi connectivity index (χ3v) is 4.54. The normalized spacial score (nSPS) is 25.8. The van der Waals surface area contributed by atoms with E-state index in [2.05, 4.69) is 9.97 Å². The highest BCUT2D eigenvalue weighted by Gasteiger charge is 2.44. The lowest BCUT2D eigenvalue weighted by atomic mass is 10.1. The summed E-state index contributed by atoms with van der Waals surface area (Å²) >= 11 is 0. The summed E-state index contributed by atoms with van der Waals surface area (Å²) in [7, 11) is 0. The Kier molecular flexibility index (Phi) is 4.29. The number of hydrogen-bond donors (Lipinski definition) is 3. The zero-order valence-electron chi connectivity index (χ0n) is 13.7. The lowest BCUT2D eigenvalue weighted by Gasteiger charge is -2.16. The predicted molar refractivity (Wildman–Crippen MR) is 90.3 cm³/mol. The van der Waals surface area contributed by atoms with E-state index in [0.717, 1.165) is 5.56 Å². The predicted octanol–water partition coefficient (Wildman–Crippen LogP) is -0.747. The van der Waals surface area contributed by atoms with Crippen LogP contribution in [-0.4, -0.2) is 59.3 Å². The molecule has 4 rings (SSSR count). The van der Waals surface area contributed by atoms with E-state index in [1.54, 1.807) is 0 Å². The van der Waals surface area contributed by atoms with Crippen molar-refractivity contribution in [3.63, 3.8) is 0 Å². The van der Waals surface area contributed by atoms with Crippen LogP contribution in [0.5, 0.6) is 0 Å². The van der Waals surface area contributed by atoms with E-state index in [-0.39, 0.29) is 16.7 Å². The van der Waals surface area contributed by atoms with Gasteiger partial charge in [-0.3, -0.25) is 13.9 Å². The zero-order valence-corrected chi connectivity index (χ0v) is 13.7. The first kappa shape index (κ1) is 16.9. The van der Waals surface area contributed by atoms with Gasteiger partial charge in [0.1, 0.15) is 24.6 Å². The maximum Gasteiger partial charge on any atom is 0.281 e. The second-order valence-corrected chi connectivity index (χ2v) is 6.22. The number of imidazole rings is 1. The van der Waals surface area contributed by atoms with E-state index >= 15 is 0 Å². The van der Waals surface area contributed by atoms with Crippen molar-refractivity contribution in [1.82, 2.24) is 19.1 Å². The first-order valence-corrected chi connectivity index (χ1v) is 8.18. The molecule has 1 saturated heterocycles. The Hall–Kier alpha value is -2.59. The van der Waals surface area contributed by atoms with E-state index < -0.39 is 31.1 Å². The molecule has 1 fully saturated rings. The minimum Gasteiger partial charge on any atom is -0.394 e. The molecule has 3 N–H and O–H groups in total. The summed E-state index contributed by atoms with van der Waals surface area (Å²) in [5.74, 6) is 0. The largest absolute Gasteiger partial charge is 0.394 e. The molecule has 1 aromatic carbocycles. The summed E-state index contributed by atoms with van der Waals surface area (Å²) in [6, 6.07) is 9.50. The number of aliphatic hydroxyl groups is 3. The highest BCUT2D eigenvalue weighted by molar-refractivity contribution is 5.69. The van der Waals surface area contributed by atoms with Gasteiger partial charge in [-0.2, -0.15) is 0 Å². The van der Waals surface area contributed by atoms with Crippen LogP contribution in [-0.2, 0) is 11.3 Å². The van der Waals surface area contributed by atoms with Gasteiger partial charge in [0, 0.05) is 0 Å². The summed E-state index contributed by atoms with van der Waals surface area (Å²) in [5, 5.41) is 29.3. The fraction of sp³-hybridized carbons (Fsp3) is 0.353. The molecule has 0 radical (unpaired) electrons. The highest BCUT2D eigenvalue weighted by atomic mass is 16.6. The van der Waals surface area contributed by atoms with Crippen LogP contribution in [0.25, 0.3) is 11.2 Å². The summed E-state index contributed by atoms with van der Waals surface area (Å²) in [4.78, 5) is 21.1. The number of fused-ring (bicyclic) bond motifs is 1. The van der Waals surface area contributed by atoms with Gasteiger partial charge in [-0.15, -0.1) is 0 Å². The lowest BCUT2D eigenvalue weighted by molar-refractivity contribution is -0.0511. The van der Waals surface area contributed by atoms with E-state index in [9.17, 15) is 20.1 Å². The fourth-order valence-corrected chi connectivity index (χ4v) is 3.13. The maximum atomic E-state index is 12.7. The van der Waals surface area contributed by atoms with E-state index in [1.807, 2.05) is 30.3 Å². The molecule has 4 atom stereocenters. The number of aliphatic hydroxyl groups excluding tert-OH is 3. The average Bonchev–Trinajstić information content (AvgIpc) is 3.20. The van der Waals surface area contributed by atoms with E-state index in [4.69, 9.17) is 4.74 Å². The number of hydrogen-bond acceptors (Lipinski definition) is 7. The highest BCUT2D eigenvalue weighted by Crippen LogP contribution is 2.30. The van der Waals surface area contributed by atoms with E-state index in [1.165, 1.54) is 21.8 Å². The Balaban J connectivity index is 1.70. The first-order valence-electron chi connectivity index (χ1n) is 8.18. The van der Waals surface area contributed by atoms with Crippen LogP contribution in [0, 0.1) is 0 Å². The molecule has 0 aliphatic carbocycles. The van der Waals surface area contributed by atoms with Crippen LogP contribution in [0.4, 0.5) is 0 Å². The van der Waals surface area contributed by atoms with Crippen LogP contribution in [0.15, 0.2) is 47.8 Å². The van der Waals surface area contributed by atoms with Crippen LogP contribution < -0.4 is 5.56 Å². The topological polar surface area (TPSA) is 123 Å². The van der Waals surface area contributed by atoms with Crippen molar-refractivity contribution in [1.29, 1.82) is 0 Å². The van der Waals surface area contributed by atoms with Crippen molar-refractivity contribution >= 4 is 11.2 Å². The van der Waals surface area contributed by atoms with Crippen LogP contribution in [0.3, 0.4) is 0 Å². The fourth-order valence-electron chi connectivity index (χ4n) is 3.13. The average molecular weight is 358 g/mol. The molecular formula is C17H18N4O5. The molecule has 9 heteroatoms. The molecule has 9 nitrogen and oxygen atoms in total. The first-order chi connectivity index (χ1) is 12.6. The molecule has 2 aromatic heterocycles. The van der Waals surface area contributed by atoms with Crippen molar-refractivity contribution in [2.45, 2.75) is 31.1 Å². The third-order valence-electron chi connectivity index (χ3n) is 4.54. The standard InChI is InChI=1S/C17H18N4O5/c22-7-11-13(23)14(24)17(26-11)21-9-18-12-15(21)19-8-20(16(12)25)6-10-4-2-1-3-5-10/h1-5,8-9,11,13-14,17,22-24H,6-7H2/t11-,13-,14-,17-/m1/s1. The molecule has 3 heterocycles. The second kappa shape index (κ2) is 6.61. The minimum absolute atomic E-state index is 0.140. The molecular weight excluding hydrogens is 340 g/mol. The summed E-state index contributed by atoms with van der Waals surface area (Å²) < 4.78 is 8.32.